The van der Waals surface area contributed by atoms with Crippen LogP contribution in [0.25, 0.3) is 0 Å². The zero-order chi connectivity index (χ0) is 16.3. The quantitative estimate of drug-likeness (QED) is 0.532. The van der Waals surface area contributed by atoms with Gasteiger partial charge in [0, 0.05) is 9.65 Å². The van der Waals surface area contributed by atoms with E-state index in [0.29, 0.717) is 12.3 Å². The largest absolute Gasteiger partial charge is 0.494 e. The van der Waals surface area contributed by atoms with Gasteiger partial charge in [-0.25, -0.2) is 0 Å². The zero-order valence-corrected chi connectivity index (χ0v) is 15.8. The highest BCUT2D eigenvalue weighted by Crippen LogP contribution is 2.60. The third kappa shape index (κ3) is 2.14. The summed E-state index contributed by atoms with van der Waals surface area (Å²) in [4.78, 5) is 27.7. The topological polar surface area (TPSA) is 46.6 Å². The Morgan fingerprint density at radius 3 is 2.04 bits per heavy atom. The normalized spacial score (nSPS) is 38.3. The van der Waals surface area contributed by atoms with Crippen LogP contribution in [0.3, 0.4) is 0 Å². The Hall–Kier alpha value is -0.880. The average molecular weight is 443 g/mol. The lowest BCUT2D eigenvalue weighted by atomic mass is 9.81. The van der Waals surface area contributed by atoms with Crippen LogP contribution in [-0.2, 0) is 9.59 Å². The van der Waals surface area contributed by atoms with Gasteiger partial charge in [-0.1, -0.05) is 31.9 Å². The van der Waals surface area contributed by atoms with Crippen molar-refractivity contribution in [1.29, 1.82) is 0 Å². The first-order valence-corrected chi connectivity index (χ1v) is 9.76. The number of carbonyl (C=O) groups is 2. The number of ether oxygens (including phenoxy) is 1. The second-order valence-electron chi connectivity index (χ2n) is 6.44. The van der Waals surface area contributed by atoms with Crippen LogP contribution in [0.1, 0.15) is 13.3 Å². The van der Waals surface area contributed by atoms with Gasteiger partial charge in [-0.2, -0.15) is 0 Å². The highest BCUT2D eigenvalue weighted by molar-refractivity contribution is 9.12. The summed E-state index contributed by atoms with van der Waals surface area (Å²) >= 11 is 7.40. The van der Waals surface area contributed by atoms with Crippen molar-refractivity contribution in [3.05, 3.63) is 24.3 Å². The predicted molar refractivity (Wildman–Crippen MR) is 94.1 cm³/mol. The van der Waals surface area contributed by atoms with Gasteiger partial charge in [-0.3, -0.25) is 14.5 Å². The molecule has 0 N–H and O–H groups in total. The number of nitrogens with zero attached hydrogens (tertiary/aromatic N) is 1. The van der Waals surface area contributed by atoms with Crippen molar-refractivity contribution in [2.75, 3.05) is 11.5 Å². The molecule has 2 aliphatic carbocycles. The Morgan fingerprint density at radius 2 is 1.57 bits per heavy atom. The number of alkyl halides is 2. The Bertz CT molecular complexity index is 630. The van der Waals surface area contributed by atoms with E-state index < -0.39 is 0 Å². The molecule has 1 heterocycles. The molecule has 23 heavy (non-hydrogen) atoms. The maximum Gasteiger partial charge on any atom is 0.238 e. The van der Waals surface area contributed by atoms with Gasteiger partial charge >= 0.3 is 0 Å². The third-order valence-electron chi connectivity index (χ3n) is 5.39. The minimum atomic E-state index is -0.169. The van der Waals surface area contributed by atoms with E-state index in [1.54, 1.807) is 12.1 Å². The molecule has 6 atom stereocenters. The lowest BCUT2D eigenvalue weighted by Gasteiger charge is -2.28. The van der Waals surface area contributed by atoms with Crippen LogP contribution >= 0.6 is 31.9 Å². The maximum absolute atomic E-state index is 12.9. The average Bonchev–Trinajstić information content (AvgIpc) is 3.14. The van der Waals surface area contributed by atoms with Crippen molar-refractivity contribution in [1.82, 2.24) is 0 Å². The van der Waals surface area contributed by atoms with Crippen LogP contribution in [0, 0.1) is 23.7 Å². The number of hydrogen-bond acceptors (Lipinski definition) is 3. The molecular formula is C17H17Br2NO3. The van der Waals surface area contributed by atoms with Crippen molar-refractivity contribution in [3.63, 3.8) is 0 Å². The van der Waals surface area contributed by atoms with E-state index >= 15 is 0 Å². The molecule has 122 valence electrons. The lowest BCUT2D eigenvalue weighted by Crippen LogP contribution is -2.37. The number of benzene rings is 1. The summed E-state index contributed by atoms with van der Waals surface area (Å²) in [5, 5.41) is 0. The molecule has 0 radical (unpaired) electrons. The number of halogens is 2. The van der Waals surface area contributed by atoms with Crippen LogP contribution in [-0.4, -0.2) is 28.1 Å². The summed E-state index contributed by atoms with van der Waals surface area (Å²) in [6.45, 7) is 2.51. The van der Waals surface area contributed by atoms with Crippen molar-refractivity contribution in [2.24, 2.45) is 23.7 Å². The van der Waals surface area contributed by atoms with E-state index in [9.17, 15) is 9.59 Å². The molecule has 1 aromatic rings. The molecule has 2 saturated carbocycles. The first kappa shape index (κ1) is 15.6. The second kappa shape index (κ2) is 5.59. The van der Waals surface area contributed by atoms with Crippen molar-refractivity contribution in [3.8, 4) is 5.75 Å². The molecule has 4 nitrogen and oxygen atoms in total. The summed E-state index contributed by atoms with van der Waals surface area (Å²) in [7, 11) is 0. The third-order valence-corrected chi connectivity index (χ3v) is 8.60. The van der Waals surface area contributed by atoms with Gasteiger partial charge in [0.05, 0.1) is 24.1 Å². The molecule has 4 rings (SSSR count). The number of hydrogen-bond donors (Lipinski definition) is 0. The van der Waals surface area contributed by atoms with Crippen LogP contribution in [0.5, 0.6) is 5.75 Å². The molecule has 6 heteroatoms. The Morgan fingerprint density at radius 1 is 1.04 bits per heavy atom. The minimum absolute atomic E-state index is 0.0412. The van der Waals surface area contributed by atoms with Gasteiger partial charge in [0.2, 0.25) is 11.8 Å². The molecule has 0 spiro atoms. The summed E-state index contributed by atoms with van der Waals surface area (Å²) in [5.74, 6) is 0.823. The SMILES string of the molecule is CCOc1ccc(N2C(=O)[C@@H]3[C@H]4C[C@@H]([C@H](Br)[C@H]4Br)[C@@H]3C2=O)cc1. The maximum atomic E-state index is 12.9. The van der Waals surface area contributed by atoms with Gasteiger partial charge < -0.3 is 4.74 Å². The number of fused-ring (bicyclic) bond motifs is 5. The summed E-state index contributed by atoms with van der Waals surface area (Å²) in [6.07, 6.45) is 0.954. The fourth-order valence-electron chi connectivity index (χ4n) is 4.46. The zero-order valence-electron chi connectivity index (χ0n) is 12.6. The summed E-state index contributed by atoms with van der Waals surface area (Å²) in [6, 6.07) is 7.20. The van der Waals surface area contributed by atoms with Crippen LogP contribution < -0.4 is 9.64 Å². The Labute approximate surface area is 151 Å². The van der Waals surface area contributed by atoms with E-state index in [-0.39, 0.29) is 45.1 Å². The number of amides is 2. The molecule has 3 aliphatic rings. The van der Waals surface area contributed by atoms with Gasteiger partial charge in [-0.15, -0.1) is 0 Å². The summed E-state index contributed by atoms with van der Waals surface area (Å²) < 4.78 is 5.42. The Kier molecular flexibility index (Phi) is 3.80. The summed E-state index contributed by atoms with van der Waals surface area (Å²) in [5.41, 5.74) is 0.648. The predicted octanol–water partition coefficient (Wildman–Crippen LogP) is 3.37. The smallest absolute Gasteiger partial charge is 0.238 e. The molecule has 3 fully saturated rings. The van der Waals surface area contributed by atoms with Gasteiger partial charge in [0.15, 0.2) is 0 Å². The minimum Gasteiger partial charge on any atom is -0.494 e. The number of anilines is 1. The lowest BCUT2D eigenvalue weighted by molar-refractivity contribution is -0.123. The second-order valence-corrected chi connectivity index (χ2v) is 8.56. The molecule has 0 aromatic heterocycles. The molecule has 1 saturated heterocycles. The molecule has 1 aliphatic heterocycles. The monoisotopic (exact) mass is 441 g/mol. The fourth-order valence-corrected chi connectivity index (χ4v) is 6.33. The van der Waals surface area contributed by atoms with E-state index in [2.05, 4.69) is 31.9 Å². The van der Waals surface area contributed by atoms with E-state index in [1.807, 2.05) is 19.1 Å². The van der Waals surface area contributed by atoms with E-state index in [0.717, 1.165) is 12.2 Å². The highest BCUT2D eigenvalue weighted by atomic mass is 79.9. The molecule has 2 amide bonds. The number of rotatable bonds is 3. The first-order valence-electron chi connectivity index (χ1n) is 7.93. The van der Waals surface area contributed by atoms with Crippen LogP contribution in [0.4, 0.5) is 5.69 Å². The first-order chi connectivity index (χ1) is 11.0. The number of carbonyl (C=O) groups excluding carboxylic acids is 2. The van der Waals surface area contributed by atoms with E-state index in [1.165, 1.54) is 4.90 Å². The highest BCUT2D eigenvalue weighted by Gasteiger charge is 2.66. The van der Waals surface area contributed by atoms with Crippen LogP contribution in [0.2, 0.25) is 0 Å². The molecule has 2 bridgehead atoms. The van der Waals surface area contributed by atoms with E-state index in [4.69, 9.17) is 4.74 Å². The number of imide groups is 1. The van der Waals surface area contributed by atoms with Gasteiger partial charge in [0.1, 0.15) is 5.75 Å². The van der Waals surface area contributed by atoms with Crippen LogP contribution in [0.15, 0.2) is 24.3 Å². The van der Waals surface area contributed by atoms with Gasteiger partial charge in [-0.05, 0) is 49.4 Å². The van der Waals surface area contributed by atoms with Gasteiger partial charge in [0.25, 0.3) is 0 Å². The van der Waals surface area contributed by atoms with Crippen molar-refractivity contribution < 1.29 is 14.3 Å². The molecular weight excluding hydrogens is 426 g/mol. The molecule has 1 aromatic carbocycles. The Balaban J connectivity index is 1.64. The van der Waals surface area contributed by atoms with Crippen molar-refractivity contribution >= 4 is 49.4 Å². The van der Waals surface area contributed by atoms with Crippen molar-refractivity contribution in [2.45, 2.75) is 23.0 Å². The standard InChI is InChI=1S/C17H17Br2NO3/c1-2-23-9-5-3-8(4-6-9)20-16(21)12-10-7-11(13(12)17(20)22)15(19)14(10)18/h3-6,10-15H,2,7H2,1H3/t10-,11-,12-,13+,14+,15+/m1/s1. The molecule has 0 unspecified atom stereocenters. The fraction of sp³-hybridized carbons (Fsp3) is 0.529.